The minimum absolute atomic E-state index is 0.00922. The monoisotopic (exact) mass is 352 g/mol. The fourth-order valence-corrected chi connectivity index (χ4v) is 2.96. The van der Waals surface area contributed by atoms with Gasteiger partial charge in [-0.1, -0.05) is 26.0 Å². The molecule has 0 saturated heterocycles. The van der Waals surface area contributed by atoms with Gasteiger partial charge in [-0.15, -0.1) is 0 Å². The second-order valence-electron chi connectivity index (χ2n) is 6.88. The lowest BCUT2D eigenvalue weighted by Crippen LogP contribution is -2.30. The van der Waals surface area contributed by atoms with Crippen LogP contribution < -0.4 is 11.1 Å². The van der Waals surface area contributed by atoms with Crippen molar-refractivity contribution in [2.24, 2.45) is 11.7 Å². The summed E-state index contributed by atoms with van der Waals surface area (Å²) in [6.07, 6.45) is 0.918. The first kappa shape index (κ1) is 17.9. The number of nitrogens with one attached hydrogen (secondary N) is 1. The van der Waals surface area contributed by atoms with Crippen molar-refractivity contribution in [2.75, 3.05) is 11.9 Å². The van der Waals surface area contributed by atoms with Crippen LogP contribution in [0.4, 0.5) is 5.82 Å². The summed E-state index contributed by atoms with van der Waals surface area (Å²) in [6.45, 7) is 4.89. The van der Waals surface area contributed by atoms with Crippen LogP contribution in [0, 0.1) is 5.92 Å². The molecule has 3 aromatic rings. The Labute approximate surface area is 152 Å². The SMILES string of the molecule is CC(C)C[C@H](N)CNc1nc(-c2ccc(O)cc2O)nc2ccccc12. The van der Waals surface area contributed by atoms with Gasteiger partial charge in [0.1, 0.15) is 17.3 Å². The molecule has 6 nitrogen and oxygen atoms in total. The molecule has 1 atom stereocenters. The van der Waals surface area contributed by atoms with Crippen LogP contribution >= 0.6 is 0 Å². The molecule has 6 heteroatoms. The first-order valence-electron chi connectivity index (χ1n) is 8.72. The quantitative estimate of drug-likeness (QED) is 0.541. The molecule has 0 bridgehead atoms. The van der Waals surface area contributed by atoms with E-state index in [1.54, 1.807) is 6.07 Å². The van der Waals surface area contributed by atoms with Crippen LogP contribution in [0.2, 0.25) is 0 Å². The Morgan fingerprint density at radius 2 is 1.85 bits per heavy atom. The largest absolute Gasteiger partial charge is 0.508 e. The zero-order valence-electron chi connectivity index (χ0n) is 15.0. The second kappa shape index (κ2) is 7.58. The predicted octanol–water partition coefficient (Wildman–Crippen LogP) is 3.49. The van der Waals surface area contributed by atoms with E-state index in [4.69, 9.17) is 5.73 Å². The number of fused-ring (bicyclic) bond motifs is 1. The lowest BCUT2D eigenvalue weighted by atomic mass is 10.0. The van der Waals surface area contributed by atoms with Gasteiger partial charge in [-0.2, -0.15) is 0 Å². The fourth-order valence-electron chi connectivity index (χ4n) is 2.96. The highest BCUT2D eigenvalue weighted by Crippen LogP contribution is 2.32. The van der Waals surface area contributed by atoms with Crippen LogP contribution in [0.3, 0.4) is 0 Å². The second-order valence-corrected chi connectivity index (χ2v) is 6.88. The maximum Gasteiger partial charge on any atom is 0.165 e. The van der Waals surface area contributed by atoms with Gasteiger partial charge in [0.05, 0.1) is 11.1 Å². The summed E-state index contributed by atoms with van der Waals surface area (Å²) >= 11 is 0. The number of hydrogen-bond donors (Lipinski definition) is 4. The molecule has 0 aliphatic carbocycles. The molecular formula is C20H24N4O2. The van der Waals surface area contributed by atoms with Crippen LogP contribution in [0.5, 0.6) is 11.5 Å². The highest BCUT2D eigenvalue weighted by molar-refractivity contribution is 5.90. The van der Waals surface area contributed by atoms with E-state index in [-0.39, 0.29) is 17.5 Å². The van der Waals surface area contributed by atoms with Gasteiger partial charge in [-0.05, 0) is 36.6 Å². The van der Waals surface area contributed by atoms with E-state index in [0.717, 1.165) is 17.3 Å². The smallest absolute Gasteiger partial charge is 0.165 e. The van der Waals surface area contributed by atoms with Crippen LogP contribution in [0.25, 0.3) is 22.3 Å². The Kier molecular flexibility index (Phi) is 5.23. The number of phenolic OH excluding ortho intramolecular Hbond substituents is 2. The van der Waals surface area contributed by atoms with Gasteiger partial charge in [0.2, 0.25) is 0 Å². The van der Waals surface area contributed by atoms with Gasteiger partial charge in [-0.3, -0.25) is 0 Å². The number of hydrogen-bond acceptors (Lipinski definition) is 6. The van der Waals surface area contributed by atoms with Crippen molar-refractivity contribution in [2.45, 2.75) is 26.3 Å². The van der Waals surface area contributed by atoms with Crippen molar-refractivity contribution in [1.29, 1.82) is 0 Å². The number of phenols is 2. The Balaban J connectivity index is 1.98. The minimum Gasteiger partial charge on any atom is -0.508 e. The predicted molar refractivity (Wildman–Crippen MR) is 104 cm³/mol. The third-order valence-electron chi connectivity index (χ3n) is 4.13. The average Bonchev–Trinajstić information content (AvgIpc) is 2.59. The molecule has 26 heavy (non-hydrogen) atoms. The van der Waals surface area contributed by atoms with Crippen molar-refractivity contribution in [1.82, 2.24) is 9.97 Å². The molecular weight excluding hydrogens is 328 g/mol. The third-order valence-corrected chi connectivity index (χ3v) is 4.13. The molecule has 2 aromatic carbocycles. The summed E-state index contributed by atoms with van der Waals surface area (Å²) in [4.78, 5) is 9.14. The Bertz CT molecular complexity index is 911. The standard InChI is InChI=1S/C20H24N4O2/c1-12(2)9-13(21)11-22-19-15-5-3-4-6-17(15)23-20(24-19)16-8-7-14(25)10-18(16)26/h3-8,10,12-13,25-26H,9,11,21H2,1-2H3,(H,22,23,24)/t13-/m0/s1. The summed E-state index contributed by atoms with van der Waals surface area (Å²) in [5.41, 5.74) is 7.41. The van der Waals surface area contributed by atoms with E-state index in [2.05, 4.69) is 29.1 Å². The summed E-state index contributed by atoms with van der Waals surface area (Å²) in [5, 5.41) is 23.9. The molecule has 1 aromatic heterocycles. The maximum absolute atomic E-state index is 10.1. The lowest BCUT2D eigenvalue weighted by Gasteiger charge is -2.17. The average molecular weight is 352 g/mol. The zero-order chi connectivity index (χ0) is 18.7. The van der Waals surface area contributed by atoms with E-state index < -0.39 is 0 Å². The van der Waals surface area contributed by atoms with Crippen molar-refractivity contribution in [3.05, 3.63) is 42.5 Å². The normalized spacial score (nSPS) is 12.5. The van der Waals surface area contributed by atoms with Gasteiger partial charge in [0.15, 0.2) is 5.82 Å². The summed E-state index contributed by atoms with van der Waals surface area (Å²) in [6, 6.07) is 12.1. The van der Waals surface area contributed by atoms with Crippen molar-refractivity contribution in [3.63, 3.8) is 0 Å². The van der Waals surface area contributed by atoms with E-state index in [1.165, 1.54) is 12.1 Å². The minimum atomic E-state index is -0.0669. The number of rotatable bonds is 6. The highest BCUT2D eigenvalue weighted by Gasteiger charge is 2.14. The number of nitrogens with two attached hydrogens (primary N) is 1. The molecule has 0 amide bonds. The number of aromatic hydroxyl groups is 2. The molecule has 5 N–H and O–H groups in total. The van der Waals surface area contributed by atoms with Crippen LogP contribution in [0.15, 0.2) is 42.5 Å². The molecule has 0 aliphatic rings. The van der Waals surface area contributed by atoms with Gasteiger partial charge >= 0.3 is 0 Å². The van der Waals surface area contributed by atoms with E-state index in [0.29, 0.717) is 29.7 Å². The molecule has 0 unspecified atom stereocenters. The van der Waals surface area contributed by atoms with Gasteiger partial charge < -0.3 is 21.3 Å². The highest BCUT2D eigenvalue weighted by atomic mass is 16.3. The number of aromatic nitrogens is 2. The number of benzene rings is 2. The molecule has 0 fully saturated rings. The molecule has 1 heterocycles. The number of nitrogens with zero attached hydrogens (tertiary/aromatic N) is 2. The molecule has 0 spiro atoms. The van der Waals surface area contributed by atoms with Crippen molar-refractivity contribution < 1.29 is 10.2 Å². The van der Waals surface area contributed by atoms with Crippen LogP contribution in [0.1, 0.15) is 20.3 Å². The Hall–Kier alpha value is -2.86. The molecule has 3 rings (SSSR count). The van der Waals surface area contributed by atoms with E-state index >= 15 is 0 Å². The molecule has 0 aliphatic heterocycles. The zero-order valence-corrected chi connectivity index (χ0v) is 15.0. The Morgan fingerprint density at radius 1 is 1.08 bits per heavy atom. The van der Waals surface area contributed by atoms with Crippen molar-refractivity contribution in [3.8, 4) is 22.9 Å². The van der Waals surface area contributed by atoms with Gasteiger partial charge in [0, 0.05) is 24.0 Å². The first-order chi connectivity index (χ1) is 12.4. The molecule has 0 saturated carbocycles. The fraction of sp³-hybridized carbons (Fsp3) is 0.300. The van der Waals surface area contributed by atoms with E-state index in [9.17, 15) is 10.2 Å². The summed E-state index contributed by atoms with van der Waals surface area (Å²) in [5.74, 6) is 1.52. The maximum atomic E-state index is 10.1. The van der Waals surface area contributed by atoms with E-state index in [1.807, 2.05) is 24.3 Å². The van der Waals surface area contributed by atoms with Crippen LogP contribution in [-0.4, -0.2) is 32.8 Å². The van der Waals surface area contributed by atoms with Crippen molar-refractivity contribution >= 4 is 16.7 Å². The Morgan fingerprint density at radius 3 is 2.58 bits per heavy atom. The topological polar surface area (TPSA) is 104 Å². The lowest BCUT2D eigenvalue weighted by molar-refractivity contribution is 0.451. The molecule has 0 radical (unpaired) electrons. The van der Waals surface area contributed by atoms with Gasteiger partial charge in [0.25, 0.3) is 0 Å². The first-order valence-corrected chi connectivity index (χ1v) is 8.72. The van der Waals surface area contributed by atoms with Gasteiger partial charge in [-0.25, -0.2) is 9.97 Å². The third kappa shape index (κ3) is 4.03. The number of para-hydroxylation sites is 1. The summed E-state index contributed by atoms with van der Waals surface area (Å²) in [7, 11) is 0. The summed E-state index contributed by atoms with van der Waals surface area (Å²) < 4.78 is 0. The molecule has 136 valence electrons. The number of anilines is 1. The van der Waals surface area contributed by atoms with Crippen LogP contribution in [-0.2, 0) is 0 Å².